The molecule has 0 aliphatic heterocycles. The Morgan fingerprint density at radius 1 is 1.06 bits per heavy atom. The van der Waals surface area contributed by atoms with Crippen LogP contribution in [0.3, 0.4) is 0 Å². The van der Waals surface area contributed by atoms with Gasteiger partial charge in [0, 0.05) is 0 Å². The van der Waals surface area contributed by atoms with E-state index in [0.717, 1.165) is 23.6 Å². The second-order valence-electron chi connectivity index (χ2n) is 5.97. The summed E-state index contributed by atoms with van der Waals surface area (Å²) in [5.41, 5.74) is 0. The average Bonchev–Trinajstić information content (AvgIpc) is 2.29. The first-order valence-corrected chi connectivity index (χ1v) is 7.52. The molecule has 93 valence electrons. The third kappa shape index (κ3) is 4.15. The maximum absolute atomic E-state index is 2.64. The molecule has 1 heteroatoms. The zero-order valence-electron chi connectivity index (χ0n) is 11.8. The van der Waals surface area contributed by atoms with Crippen LogP contribution in [0.4, 0.5) is 0 Å². The summed E-state index contributed by atoms with van der Waals surface area (Å²) in [6.45, 7) is 9.58. The SMILES string of the molecule is CCCCC[B]C1CC(C)C(C)C(CC)C1. The van der Waals surface area contributed by atoms with Crippen molar-refractivity contribution in [2.24, 2.45) is 17.8 Å². The van der Waals surface area contributed by atoms with Gasteiger partial charge in [-0.3, -0.25) is 0 Å². The Bertz CT molecular complexity index is 178. The molecule has 1 aliphatic rings. The van der Waals surface area contributed by atoms with Crippen LogP contribution in [0.2, 0.25) is 12.1 Å². The minimum absolute atomic E-state index is 0.924. The van der Waals surface area contributed by atoms with Gasteiger partial charge in [-0.05, 0) is 17.8 Å². The number of hydrogen-bond donors (Lipinski definition) is 0. The molecule has 4 unspecified atom stereocenters. The lowest BCUT2D eigenvalue weighted by Gasteiger charge is -2.38. The van der Waals surface area contributed by atoms with Gasteiger partial charge in [0.05, 0.1) is 0 Å². The Kier molecular flexibility index (Phi) is 6.54. The van der Waals surface area contributed by atoms with Crippen molar-refractivity contribution in [1.29, 1.82) is 0 Å². The van der Waals surface area contributed by atoms with Crippen LogP contribution in [0.5, 0.6) is 0 Å². The molecule has 1 saturated carbocycles. The van der Waals surface area contributed by atoms with Gasteiger partial charge in [0.2, 0.25) is 0 Å². The van der Waals surface area contributed by atoms with E-state index >= 15 is 0 Å². The minimum atomic E-state index is 0.924. The molecule has 0 nitrogen and oxygen atoms in total. The van der Waals surface area contributed by atoms with Gasteiger partial charge < -0.3 is 0 Å². The van der Waals surface area contributed by atoms with Crippen LogP contribution < -0.4 is 0 Å². The van der Waals surface area contributed by atoms with Gasteiger partial charge in [-0.1, -0.05) is 78.4 Å². The lowest BCUT2D eigenvalue weighted by atomic mass is 9.51. The maximum Gasteiger partial charge on any atom is 0.113 e. The Labute approximate surface area is 104 Å². The normalized spacial score (nSPS) is 35.0. The number of hydrogen-bond acceptors (Lipinski definition) is 0. The zero-order valence-corrected chi connectivity index (χ0v) is 11.8. The minimum Gasteiger partial charge on any atom is -0.0800 e. The Balaban J connectivity index is 2.27. The van der Waals surface area contributed by atoms with E-state index < -0.39 is 0 Å². The molecule has 1 fully saturated rings. The van der Waals surface area contributed by atoms with Crippen molar-refractivity contribution in [3.8, 4) is 0 Å². The highest BCUT2D eigenvalue weighted by Crippen LogP contribution is 2.42. The molecule has 0 aromatic carbocycles. The van der Waals surface area contributed by atoms with Gasteiger partial charge in [0.15, 0.2) is 0 Å². The van der Waals surface area contributed by atoms with Crippen molar-refractivity contribution in [1.82, 2.24) is 0 Å². The second-order valence-corrected chi connectivity index (χ2v) is 5.97. The molecule has 16 heavy (non-hydrogen) atoms. The summed E-state index contributed by atoms with van der Waals surface area (Å²) in [5.74, 6) is 3.79. The Morgan fingerprint density at radius 2 is 1.81 bits per heavy atom. The third-order valence-corrected chi connectivity index (χ3v) is 4.75. The topological polar surface area (TPSA) is 0 Å². The molecular weight excluding hydrogens is 191 g/mol. The molecule has 0 spiro atoms. The monoisotopic (exact) mass is 221 g/mol. The third-order valence-electron chi connectivity index (χ3n) is 4.75. The van der Waals surface area contributed by atoms with Crippen molar-refractivity contribution < 1.29 is 0 Å². The molecule has 0 aromatic rings. The van der Waals surface area contributed by atoms with Crippen molar-refractivity contribution >= 4 is 7.28 Å². The molecule has 1 rings (SSSR count). The summed E-state index contributed by atoms with van der Waals surface area (Å²) in [5, 5.41) is 0. The van der Waals surface area contributed by atoms with Gasteiger partial charge in [-0.2, -0.15) is 0 Å². The van der Waals surface area contributed by atoms with Crippen LogP contribution in [0.25, 0.3) is 0 Å². The highest BCUT2D eigenvalue weighted by atomic mass is 14.3. The van der Waals surface area contributed by atoms with Crippen LogP contribution >= 0.6 is 0 Å². The molecule has 0 heterocycles. The first kappa shape index (κ1) is 14.1. The fraction of sp³-hybridized carbons (Fsp3) is 1.00. The van der Waals surface area contributed by atoms with Crippen molar-refractivity contribution in [3.63, 3.8) is 0 Å². The van der Waals surface area contributed by atoms with Crippen LogP contribution in [-0.4, -0.2) is 7.28 Å². The lowest BCUT2D eigenvalue weighted by Crippen LogP contribution is -2.28. The lowest BCUT2D eigenvalue weighted by molar-refractivity contribution is 0.177. The number of rotatable bonds is 6. The maximum atomic E-state index is 2.64. The molecule has 0 saturated heterocycles. The second kappa shape index (κ2) is 7.40. The number of unbranched alkanes of at least 4 members (excludes halogenated alkanes) is 2. The molecule has 1 radical (unpaired) electrons. The van der Waals surface area contributed by atoms with Crippen LogP contribution in [-0.2, 0) is 0 Å². The van der Waals surface area contributed by atoms with Gasteiger partial charge >= 0.3 is 0 Å². The van der Waals surface area contributed by atoms with E-state index in [1.807, 2.05) is 0 Å². The summed E-state index contributed by atoms with van der Waals surface area (Å²) in [6.07, 6.45) is 9.82. The van der Waals surface area contributed by atoms with Crippen LogP contribution in [0.1, 0.15) is 66.2 Å². The molecule has 1 aliphatic carbocycles. The molecule has 4 atom stereocenters. The van der Waals surface area contributed by atoms with Crippen molar-refractivity contribution in [3.05, 3.63) is 0 Å². The molecular formula is C15H30B. The molecule has 0 bridgehead atoms. The van der Waals surface area contributed by atoms with E-state index in [-0.39, 0.29) is 0 Å². The highest BCUT2D eigenvalue weighted by Gasteiger charge is 2.31. The van der Waals surface area contributed by atoms with Gasteiger partial charge in [0.1, 0.15) is 7.28 Å². The fourth-order valence-electron chi connectivity index (χ4n) is 3.34. The molecule has 0 N–H and O–H groups in total. The molecule has 0 aromatic heterocycles. The summed E-state index contributed by atoms with van der Waals surface area (Å²) >= 11 is 0. The van der Waals surface area contributed by atoms with Gasteiger partial charge in [-0.25, -0.2) is 0 Å². The van der Waals surface area contributed by atoms with E-state index in [1.165, 1.54) is 44.8 Å². The summed E-state index contributed by atoms with van der Waals surface area (Å²) in [4.78, 5) is 0. The fourth-order valence-corrected chi connectivity index (χ4v) is 3.34. The van der Waals surface area contributed by atoms with Crippen molar-refractivity contribution in [2.75, 3.05) is 0 Å². The first-order chi connectivity index (χ1) is 7.69. The predicted octanol–water partition coefficient (Wildman–Crippen LogP) is 5.18. The predicted molar refractivity (Wildman–Crippen MR) is 75.2 cm³/mol. The summed E-state index contributed by atoms with van der Waals surface area (Å²) in [6, 6.07) is 0. The standard InChI is InChI=1S/C15H30B/c1-5-7-8-9-16-15-10-12(3)13(4)14(6-2)11-15/h12-15H,5-11H2,1-4H3. The van der Waals surface area contributed by atoms with Crippen LogP contribution in [0.15, 0.2) is 0 Å². The van der Waals surface area contributed by atoms with E-state index in [1.54, 1.807) is 0 Å². The average molecular weight is 221 g/mol. The van der Waals surface area contributed by atoms with Crippen molar-refractivity contribution in [2.45, 2.75) is 78.4 Å². The van der Waals surface area contributed by atoms with Gasteiger partial charge in [-0.15, -0.1) is 0 Å². The smallest absolute Gasteiger partial charge is 0.0800 e. The quantitative estimate of drug-likeness (QED) is 0.428. The van der Waals surface area contributed by atoms with E-state index in [4.69, 9.17) is 0 Å². The summed E-state index contributed by atoms with van der Waals surface area (Å²) < 4.78 is 0. The van der Waals surface area contributed by atoms with Gasteiger partial charge in [0.25, 0.3) is 0 Å². The van der Waals surface area contributed by atoms with Crippen LogP contribution in [0, 0.1) is 17.8 Å². The Hall–Kier alpha value is 0.0649. The first-order valence-electron chi connectivity index (χ1n) is 7.52. The zero-order chi connectivity index (χ0) is 12.0. The van der Waals surface area contributed by atoms with E-state index in [2.05, 4.69) is 35.0 Å². The van der Waals surface area contributed by atoms with E-state index in [0.29, 0.717) is 0 Å². The Morgan fingerprint density at radius 3 is 2.44 bits per heavy atom. The highest BCUT2D eigenvalue weighted by molar-refractivity contribution is 6.37. The largest absolute Gasteiger partial charge is 0.113 e. The molecule has 0 amide bonds. The van der Waals surface area contributed by atoms with E-state index in [9.17, 15) is 0 Å². The summed E-state index contributed by atoms with van der Waals surface area (Å²) in [7, 11) is 2.64.